The molecule has 0 saturated carbocycles. The number of nitrogens with zero attached hydrogens (tertiary/aromatic N) is 2. The molecular formula is C24H35Cl2N3O. The monoisotopic (exact) mass is 451 g/mol. The Morgan fingerprint density at radius 1 is 1.10 bits per heavy atom. The van der Waals surface area contributed by atoms with Crippen molar-refractivity contribution in [3.63, 3.8) is 0 Å². The maximum absolute atomic E-state index is 13.1. The van der Waals surface area contributed by atoms with Gasteiger partial charge in [-0.3, -0.25) is 9.69 Å². The van der Waals surface area contributed by atoms with Crippen LogP contribution in [0.4, 0.5) is 0 Å². The molecule has 6 heteroatoms. The first-order valence-electron chi connectivity index (χ1n) is 10.4. The van der Waals surface area contributed by atoms with Crippen LogP contribution in [0.5, 0.6) is 0 Å². The molecule has 1 saturated heterocycles. The van der Waals surface area contributed by atoms with E-state index in [0.717, 1.165) is 44.7 Å². The largest absolute Gasteiger partial charge is 0.342 e. The molecule has 3 atom stereocenters. The topological polar surface area (TPSA) is 49.6 Å². The molecule has 0 radical (unpaired) electrons. The van der Waals surface area contributed by atoms with E-state index < -0.39 is 0 Å². The van der Waals surface area contributed by atoms with Crippen molar-refractivity contribution in [3.8, 4) is 0 Å². The molecule has 4 nitrogen and oxygen atoms in total. The number of hydrogen-bond acceptors (Lipinski definition) is 3. The Hall–Kier alpha value is -1.59. The molecule has 0 bridgehead atoms. The molecule has 2 aromatic rings. The van der Waals surface area contributed by atoms with Gasteiger partial charge in [-0.05, 0) is 36.9 Å². The van der Waals surface area contributed by atoms with Crippen LogP contribution < -0.4 is 5.73 Å². The van der Waals surface area contributed by atoms with Crippen LogP contribution in [0.3, 0.4) is 0 Å². The lowest BCUT2D eigenvalue weighted by Crippen LogP contribution is -2.42. The Balaban J connectivity index is 0.00000225. The highest BCUT2D eigenvalue weighted by Crippen LogP contribution is 2.24. The Bertz CT molecular complexity index is 745. The van der Waals surface area contributed by atoms with Gasteiger partial charge in [-0.2, -0.15) is 0 Å². The van der Waals surface area contributed by atoms with Crippen molar-refractivity contribution >= 4 is 30.7 Å². The van der Waals surface area contributed by atoms with E-state index in [4.69, 9.17) is 5.73 Å². The zero-order chi connectivity index (χ0) is 19.9. The van der Waals surface area contributed by atoms with E-state index in [9.17, 15) is 4.79 Å². The van der Waals surface area contributed by atoms with E-state index in [1.54, 1.807) is 0 Å². The highest BCUT2D eigenvalue weighted by atomic mass is 35.5. The van der Waals surface area contributed by atoms with Crippen LogP contribution in [0.1, 0.15) is 37.4 Å². The molecule has 1 aliphatic rings. The first-order chi connectivity index (χ1) is 13.6. The van der Waals surface area contributed by atoms with Gasteiger partial charge < -0.3 is 10.6 Å². The van der Waals surface area contributed by atoms with Crippen molar-refractivity contribution in [2.24, 2.45) is 17.6 Å². The Kier molecular flexibility index (Phi) is 11.4. The van der Waals surface area contributed by atoms with Crippen LogP contribution in [-0.4, -0.2) is 41.9 Å². The molecule has 30 heavy (non-hydrogen) atoms. The van der Waals surface area contributed by atoms with Gasteiger partial charge in [0, 0.05) is 32.2 Å². The molecule has 1 aliphatic heterocycles. The summed E-state index contributed by atoms with van der Waals surface area (Å²) in [7, 11) is 0. The highest BCUT2D eigenvalue weighted by molar-refractivity contribution is 5.85. The second-order valence-electron chi connectivity index (χ2n) is 7.98. The van der Waals surface area contributed by atoms with Crippen LogP contribution >= 0.6 is 24.8 Å². The van der Waals surface area contributed by atoms with E-state index in [2.05, 4.69) is 42.2 Å². The third kappa shape index (κ3) is 6.98. The summed E-state index contributed by atoms with van der Waals surface area (Å²) in [6.45, 7) is 8.73. The first kappa shape index (κ1) is 26.4. The van der Waals surface area contributed by atoms with Gasteiger partial charge >= 0.3 is 0 Å². The SMILES string of the molecule is CCN(CC1CCN(Cc2ccccc2)C1)C(=O)C(C)C(N)c1ccccc1.Cl.Cl. The van der Waals surface area contributed by atoms with Crippen molar-refractivity contribution in [2.75, 3.05) is 26.2 Å². The average molecular weight is 452 g/mol. The summed E-state index contributed by atoms with van der Waals surface area (Å²) in [5, 5.41) is 0. The number of carbonyl (C=O) groups excluding carboxylic acids is 1. The third-order valence-corrected chi connectivity index (χ3v) is 5.90. The van der Waals surface area contributed by atoms with E-state index in [-0.39, 0.29) is 42.7 Å². The van der Waals surface area contributed by atoms with Crippen LogP contribution in [0.15, 0.2) is 60.7 Å². The fourth-order valence-corrected chi connectivity index (χ4v) is 4.14. The maximum Gasteiger partial charge on any atom is 0.227 e. The summed E-state index contributed by atoms with van der Waals surface area (Å²) in [5.41, 5.74) is 8.77. The van der Waals surface area contributed by atoms with Crippen LogP contribution in [0.2, 0.25) is 0 Å². The molecule has 0 aromatic heterocycles. The fraction of sp³-hybridized carbons (Fsp3) is 0.458. The Labute approximate surface area is 193 Å². The van der Waals surface area contributed by atoms with Gasteiger partial charge in [0.2, 0.25) is 5.91 Å². The van der Waals surface area contributed by atoms with E-state index in [0.29, 0.717) is 5.92 Å². The lowest BCUT2D eigenvalue weighted by Gasteiger charge is -2.30. The van der Waals surface area contributed by atoms with E-state index >= 15 is 0 Å². The quantitative estimate of drug-likeness (QED) is 0.640. The standard InChI is InChI=1S/C24H33N3O.2ClH/c1-3-27(24(28)19(2)23(25)22-12-8-5-9-13-22)18-21-14-15-26(17-21)16-20-10-6-4-7-11-20;;/h4-13,19,21,23H,3,14-18,25H2,1-2H3;2*1H. The molecule has 1 heterocycles. The molecule has 0 aliphatic carbocycles. The summed E-state index contributed by atoms with van der Waals surface area (Å²) in [6, 6.07) is 20.3. The fourth-order valence-electron chi connectivity index (χ4n) is 4.14. The lowest BCUT2D eigenvalue weighted by atomic mass is 9.93. The summed E-state index contributed by atoms with van der Waals surface area (Å²) < 4.78 is 0. The minimum absolute atomic E-state index is 0. The van der Waals surface area contributed by atoms with Crippen LogP contribution in [-0.2, 0) is 11.3 Å². The normalized spacial score (nSPS) is 18.0. The number of amides is 1. The van der Waals surface area contributed by atoms with E-state index in [1.807, 2.05) is 42.2 Å². The number of hydrogen-bond donors (Lipinski definition) is 1. The number of nitrogens with two attached hydrogens (primary N) is 1. The highest BCUT2D eigenvalue weighted by Gasteiger charge is 2.30. The minimum atomic E-state index is -0.263. The van der Waals surface area contributed by atoms with Crippen molar-refractivity contribution in [2.45, 2.75) is 32.9 Å². The van der Waals surface area contributed by atoms with E-state index in [1.165, 1.54) is 5.56 Å². The molecule has 166 valence electrons. The summed E-state index contributed by atoms with van der Waals surface area (Å²) in [4.78, 5) is 17.6. The smallest absolute Gasteiger partial charge is 0.227 e. The number of benzene rings is 2. The molecule has 1 amide bonds. The molecule has 0 spiro atoms. The first-order valence-corrected chi connectivity index (χ1v) is 10.4. The Morgan fingerprint density at radius 2 is 1.70 bits per heavy atom. The zero-order valence-corrected chi connectivity index (χ0v) is 19.6. The van der Waals surface area contributed by atoms with Gasteiger partial charge in [0.25, 0.3) is 0 Å². The van der Waals surface area contributed by atoms with Crippen LogP contribution in [0, 0.1) is 11.8 Å². The minimum Gasteiger partial charge on any atom is -0.342 e. The number of halogens is 2. The lowest BCUT2D eigenvalue weighted by molar-refractivity contribution is -0.136. The summed E-state index contributed by atoms with van der Waals surface area (Å²) >= 11 is 0. The van der Waals surface area contributed by atoms with Gasteiger partial charge in [0.15, 0.2) is 0 Å². The second-order valence-corrected chi connectivity index (χ2v) is 7.98. The summed E-state index contributed by atoms with van der Waals surface area (Å²) in [5.74, 6) is 0.484. The molecular weight excluding hydrogens is 417 g/mol. The predicted molar refractivity (Wildman–Crippen MR) is 129 cm³/mol. The Morgan fingerprint density at radius 3 is 2.30 bits per heavy atom. The summed E-state index contributed by atoms with van der Waals surface area (Å²) in [6.07, 6.45) is 1.15. The van der Waals surface area contributed by atoms with Crippen molar-refractivity contribution in [1.82, 2.24) is 9.80 Å². The molecule has 2 N–H and O–H groups in total. The van der Waals surface area contributed by atoms with Gasteiger partial charge in [-0.15, -0.1) is 24.8 Å². The van der Waals surface area contributed by atoms with Gasteiger partial charge in [-0.25, -0.2) is 0 Å². The van der Waals surface area contributed by atoms with Crippen molar-refractivity contribution < 1.29 is 4.79 Å². The maximum atomic E-state index is 13.1. The third-order valence-electron chi connectivity index (χ3n) is 5.90. The molecule has 1 fully saturated rings. The zero-order valence-electron chi connectivity index (χ0n) is 17.9. The van der Waals surface area contributed by atoms with Crippen LogP contribution in [0.25, 0.3) is 0 Å². The number of rotatable bonds is 8. The predicted octanol–water partition coefficient (Wildman–Crippen LogP) is 4.54. The van der Waals surface area contributed by atoms with Gasteiger partial charge in [0.1, 0.15) is 0 Å². The number of likely N-dealkylation sites (tertiary alicyclic amines) is 1. The van der Waals surface area contributed by atoms with Crippen molar-refractivity contribution in [3.05, 3.63) is 71.8 Å². The average Bonchev–Trinajstić information content (AvgIpc) is 3.18. The molecule has 3 unspecified atom stereocenters. The second kappa shape index (κ2) is 13.0. The van der Waals surface area contributed by atoms with Gasteiger partial charge in [-0.1, -0.05) is 67.6 Å². The molecule has 3 rings (SSSR count). The van der Waals surface area contributed by atoms with Crippen molar-refractivity contribution in [1.29, 1.82) is 0 Å². The molecule has 2 aromatic carbocycles. The number of carbonyl (C=O) groups is 1. The van der Waals surface area contributed by atoms with Gasteiger partial charge in [0.05, 0.1) is 5.92 Å².